The molecule has 3 atom stereocenters. The second-order valence-electron chi connectivity index (χ2n) is 4.17. The van der Waals surface area contributed by atoms with Crippen LogP contribution in [0.15, 0.2) is 12.2 Å². The molecule has 1 aliphatic carbocycles. The van der Waals surface area contributed by atoms with Crippen molar-refractivity contribution in [2.75, 3.05) is 0 Å². The molecule has 0 spiro atoms. The Morgan fingerprint density at radius 3 is 2.67 bits per heavy atom. The Bertz CT molecular complexity index is 183. The maximum Gasteiger partial charge on any atom is 0.123 e. The molecule has 0 heterocycles. The molecule has 0 aliphatic heterocycles. The van der Waals surface area contributed by atoms with Gasteiger partial charge >= 0.3 is 0 Å². The number of aldehydes is 1. The second kappa shape index (κ2) is 3.88. The molecule has 1 rings (SSSR count). The van der Waals surface area contributed by atoms with Crippen molar-refractivity contribution < 1.29 is 4.79 Å². The molecule has 0 radical (unpaired) electrons. The molecule has 0 N–H and O–H groups in total. The van der Waals surface area contributed by atoms with Crippen molar-refractivity contribution in [3.8, 4) is 0 Å². The van der Waals surface area contributed by atoms with E-state index in [1.54, 1.807) is 0 Å². The third kappa shape index (κ3) is 1.96. The van der Waals surface area contributed by atoms with Gasteiger partial charge in [-0.3, -0.25) is 0 Å². The summed E-state index contributed by atoms with van der Waals surface area (Å²) >= 11 is 0. The van der Waals surface area contributed by atoms with Crippen LogP contribution in [-0.2, 0) is 4.79 Å². The average Bonchev–Trinajstić information content (AvgIpc) is 2.03. The van der Waals surface area contributed by atoms with Gasteiger partial charge in [-0.15, -0.1) is 0 Å². The molecule has 0 aromatic rings. The van der Waals surface area contributed by atoms with Crippen LogP contribution in [0.25, 0.3) is 0 Å². The minimum atomic E-state index is 0.242. The first-order chi connectivity index (χ1) is 5.65. The average molecular weight is 166 g/mol. The van der Waals surface area contributed by atoms with Crippen molar-refractivity contribution in [2.24, 2.45) is 17.8 Å². The highest BCUT2D eigenvalue weighted by molar-refractivity contribution is 5.55. The predicted molar refractivity (Wildman–Crippen MR) is 50.9 cm³/mol. The van der Waals surface area contributed by atoms with E-state index in [0.717, 1.165) is 25.0 Å². The lowest BCUT2D eigenvalue weighted by Crippen LogP contribution is -2.25. The van der Waals surface area contributed by atoms with E-state index < -0.39 is 0 Å². The number of carbonyl (C=O) groups excluding carboxylic acids is 1. The van der Waals surface area contributed by atoms with Crippen molar-refractivity contribution in [3.63, 3.8) is 0 Å². The van der Waals surface area contributed by atoms with E-state index in [4.69, 9.17) is 0 Å². The quantitative estimate of drug-likeness (QED) is 0.455. The summed E-state index contributed by atoms with van der Waals surface area (Å²) in [5, 5.41) is 0. The molecule has 0 aromatic heterocycles. The van der Waals surface area contributed by atoms with Gasteiger partial charge < -0.3 is 4.79 Å². The minimum Gasteiger partial charge on any atom is -0.303 e. The second-order valence-corrected chi connectivity index (χ2v) is 4.17. The van der Waals surface area contributed by atoms with Gasteiger partial charge in [-0.2, -0.15) is 0 Å². The van der Waals surface area contributed by atoms with E-state index in [-0.39, 0.29) is 5.92 Å². The highest BCUT2D eigenvalue weighted by Gasteiger charge is 2.28. The van der Waals surface area contributed by atoms with Gasteiger partial charge in [0.1, 0.15) is 6.29 Å². The smallest absolute Gasteiger partial charge is 0.123 e. The number of carbonyl (C=O) groups is 1. The molecule has 0 aromatic carbocycles. The molecule has 1 aliphatic rings. The molecule has 68 valence electrons. The summed E-state index contributed by atoms with van der Waals surface area (Å²) in [4.78, 5) is 10.8. The Morgan fingerprint density at radius 2 is 2.17 bits per heavy atom. The monoisotopic (exact) mass is 166 g/mol. The van der Waals surface area contributed by atoms with Crippen LogP contribution in [0.4, 0.5) is 0 Å². The molecule has 0 amide bonds. The molecule has 1 heteroatoms. The molecule has 1 fully saturated rings. The van der Waals surface area contributed by atoms with Gasteiger partial charge in [-0.05, 0) is 31.6 Å². The van der Waals surface area contributed by atoms with E-state index in [9.17, 15) is 4.79 Å². The van der Waals surface area contributed by atoms with Gasteiger partial charge in [0, 0.05) is 5.92 Å². The van der Waals surface area contributed by atoms with Crippen molar-refractivity contribution in [2.45, 2.75) is 33.1 Å². The Hall–Kier alpha value is -0.590. The van der Waals surface area contributed by atoms with Crippen LogP contribution in [0.1, 0.15) is 33.1 Å². The number of rotatable bonds is 2. The fourth-order valence-corrected chi connectivity index (χ4v) is 2.19. The summed E-state index contributed by atoms with van der Waals surface area (Å²) in [6, 6.07) is 0. The van der Waals surface area contributed by atoms with Crippen LogP contribution in [0.5, 0.6) is 0 Å². The standard InChI is InChI=1S/C11H18O/c1-8(2)11-5-4-9(3)6-10(11)7-12/h7,9-11H,1,4-6H2,2-3H3. The van der Waals surface area contributed by atoms with E-state index in [0.29, 0.717) is 5.92 Å². The van der Waals surface area contributed by atoms with Gasteiger partial charge in [-0.1, -0.05) is 25.5 Å². The van der Waals surface area contributed by atoms with Crippen LogP contribution in [-0.4, -0.2) is 6.29 Å². The van der Waals surface area contributed by atoms with Gasteiger partial charge in [-0.25, -0.2) is 0 Å². The normalized spacial score (nSPS) is 36.0. The Labute approximate surface area is 74.9 Å². The topological polar surface area (TPSA) is 17.1 Å². The third-order valence-electron chi connectivity index (χ3n) is 2.97. The van der Waals surface area contributed by atoms with Crippen molar-refractivity contribution in [1.82, 2.24) is 0 Å². The molecule has 1 saturated carbocycles. The minimum absolute atomic E-state index is 0.242. The first-order valence-electron chi connectivity index (χ1n) is 4.75. The van der Waals surface area contributed by atoms with E-state index in [1.807, 2.05) is 6.92 Å². The Morgan fingerprint density at radius 1 is 1.50 bits per heavy atom. The maximum absolute atomic E-state index is 10.8. The zero-order valence-corrected chi connectivity index (χ0v) is 8.05. The molecular weight excluding hydrogens is 148 g/mol. The molecule has 0 saturated heterocycles. The zero-order chi connectivity index (χ0) is 9.14. The van der Waals surface area contributed by atoms with E-state index >= 15 is 0 Å². The Kier molecular flexibility index (Phi) is 3.07. The van der Waals surface area contributed by atoms with Crippen LogP contribution < -0.4 is 0 Å². The Balaban J connectivity index is 2.62. The van der Waals surface area contributed by atoms with Crippen LogP contribution in [0.2, 0.25) is 0 Å². The van der Waals surface area contributed by atoms with Crippen LogP contribution in [0, 0.1) is 17.8 Å². The van der Waals surface area contributed by atoms with Crippen LogP contribution in [0.3, 0.4) is 0 Å². The van der Waals surface area contributed by atoms with Gasteiger partial charge in [0.25, 0.3) is 0 Å². The SMILES string of the molecule is C=C(C)C1CCC(C)CC1C=O. The summed E-state index contributed by atoms with van der Waals surface area (Å²) in [7, 11) is 0. The van der Waals surface area contributed by atoms with Crippen molar-refractivity contribution in [1.29, 1.82) is 0 Å². The van der Waals surface area contributed by atoms with Gasteiger partial charge in [0.15, 0.2) is 0 Å². The van der Waals surface area contributed by atoms with Gasteiger partial charge in [0.05, 0.1) is 0 Å². The summed E-state index contributed by atoms with van der Waals surface area (Å²) in [5.41, 5.74) is 1.18. The van der Waals surface area contributed by atoms with Crippen molar-refractivity contribution in [3.05, 3.63) is 12.2 Å². The highest BCUT2D eigenvalue weighted by Crippen LogP contribution is 2.35. The van der Waals surface area contributed by atoms with Crippen LogP contribution >= 0.6 is 0 Å². The first kappa shape index (κ1) is 9.50. The lowest BCUT2D eigenvalue weighted by molar-refractivity contribution is -0.113. The molecule has 12 heavy (non-hydrogen) atoms. The van der Waals surface area contributed by atoms with E-state index in [1.165, 1.54) is 12.0 Å². The molecule has 1 nitrogen and oxygen atoms in total. The lowest BCUT2D eigenvalue weighted by atomic mass is 9.73. The fraction of sp³-hybridized carbons (Fsp3) is 0.727. The maximum atomic E-state index is 10.8. The highest BCUT2D eigenvalue weighted by atomic mass is 16.1. The third-order valence-corrected chi connectivity index (χ3v) is 2.97. The fourth-order valence-electron chi connectivity index (χ4n) is 2.19. The molecular formula is C11H18O. The number of hydrogen-bond acceptors (Lipinski definition) is 1. The molecule has 0 bridgehead atoms. The summed E-state index contributed by atoms with van der Waals surface area (Å²) in [6.07, 6.45) is 4.58. The van der Waals surface area contributed by atoms with Gasteiger partial charge in [0.2, 0.25) is 0 Å². The predicted octanol–water partition coefficient (Wildman–Crippen LogP) is 2.81. The van der Waals surface area contributed by atoms with Crippen molar-refractivity contribution >= 4 is 6.29 Å². The zero-order valence-electron chi connectivity index (χ0n) is 8.05. The largest absolute Gasteiger partial charge is 0.303 e. The number of allylic oxidation sites excluding steroid dienone is 1. The summed E-state index contributed by atoms with van der Waals surface area (Å²) < 4.78 is 0. The first-order valence-corrected chi connectivity index (χ1v) is 4.75. The lowest BCUT2D eigenvalue weighted by Gasteiger charge is -2.31. The molecule has 3 unspecified atom stereocenters. The van der Waals surface area contributed by atoms with E-state index in [2.05, 4.69) is 13.5 Å². The summed E-state index contributed by atoms with van der Waals surface area (Å²) in [5.74, 6) is 1.42. The number of hydrogen-bond donors (Lipinski definition) is 0. The summed E-state index contributed by atoms with van der Waals surface area (Å²) in [6.45, 7) is 8.21.